The van der Waals surface area contributed by atoms with Crippen molar-refractivity contribution in [3.8, 4) is 11.5 Å². The minimum atomic E-state index is -0.0327. The summed E-state index contributed by atoms with van der Waals surface area (Å²) in [5.41, 5.74) is 2.00. The van der Waals surface area contributed by atoms with Crippen molar-refractivity contribution >= 4 is 17.9 Å². The van der Waals surface area contributed by atoms with Gasteiger partial charge in [0.1, 0.15) is 17.6 Å². The van der Waals surface area contributed by atoms with E-state index in [-0.39, 0.29) is 23.8 Å². The largest absolute Gasteiger partial charge is 0.493 e. The molecule has 1 saturated heterocycles. The second kappa shape index (κ2) is 9.81. The fraction of sp³-hybridized carbons (Fsp3) is 0.565. The van der Waals surface area contributed by atoms with E-state index in [0.29, 0.717) is 39.1 Å². The summed E-state index contributed by atoms with van der Waals surface area (Å²) >= 11 is 0. The maximum absolute atomic E-state index is 12.6. The molecule has 1 unspecified atom stereocenters. The van der Waals surface area contributed by atoms with Crippen molar-refractivity contribution in [2.24, 2.45) is 5.92 Å². The third kappa shape index (κ3) is 5.31. The minimum Gasteiger partial charge on any atom is -0.493 e. The number of amides is 2. The van der Waals surface area contributed by atoms with Gasteiger partial charge in [0.15, 0.2) is 0 Å². The molecular formula is C23H32N2O4. The molecule has 2 heterocycles. The molecule has 0 radical (unpaired) electrons. The van der Waals surface area contributed by atoms with E-state index in [1.165, 1.54) is 0 Å². The van der Waals surface area contributed by atoms with Gasteiger partial charge in [0.05, 0.1) is 6.61 Å². The maximum Gasteiger partial charge on any atom is 0.246 e. The Kier molecular flexibility index (Phi) is 7.18. The number of carbonyl (C=O) groups excluding carboxylic acids is 2. The molecule has 2 amide bonds. The second-order valence-electron chi connectivity index (χ2n) is 7.79. The first kappa shape index (κ1) is 21.2. The lowest BCUT2D eigenvalue weighted by molar-refractivity contribution is -0.132. The number of nitrogens with one attached hydrogen (secondary N) is 1. The molecule has 0 saturated carbocycles. The molecule has 6 heteroatoms. The van der Waals surface area contributed by atoms with Crippen molar-refractivity contribution < 1.29 is 19.1 Å². The average molecular weight is 401 g/mol. The van der Waals surface area contributed by atoms with E-state index in [4.69, 9.17) is 9.47 Å². The van der Waals surface area contributed by atoms with Gasteiger partial charge in [-0.1, -0.05) is 6.92 Å². The number of fused-ring (bicyclic) bond motifs is 1. The van der Waals surface area contributed by atoms with Gasteiger partial charge >= 0.3 is 0 Å². The summed E-state index contributed by atoms with van der Waals surface area (Å²) in [4.78, 5) is 26.6. The van der Waals surface area contributed by atoms with Crippen LogP contribution in [0.25, 0.3) is 6.08 Å². The molecule has 1 aromatic carbocycles. The van der Waals surface area contributed by atoms with Gasteiger partial charge in [-0.3, -0.25) is 9.59 Å². The Bertz CT molecular complexity index is 766. The molecule has 2 aliphatic rings. The maximum atomic E-state index is 12.6. The van der Waals surface area contributed by atoms with Crippen LogP contribution in [0.1, 0.15) is 51.2 Å². The summed E-state index contributed by atoms with van der Waals surface area (Å²) in [6.07, 6.45) is 6.80. The SMILES string of the molecule is CCCNC(=O)C1CCN(C(=O)/C=C/c2cc3c(cc2OCC)CC(C)O3)CC1. The van der Waals surface area contributed by atoms with Gasteiger partial charge < -0.3 is 19.7 Å². The molecule has 1 aromatic rings. The number of carbonyl (C=O) groups is 2. The Morgan fingerprint density at radius 2 is 2.03 bits per heavy atom. The monoisotopic (exact) mass is 400 g/mol. The number of piperidine rings is 1. The number of rotatable bonds is 7. The van der Waals surface area contributed by atoms with Crippen molar-refractivity contribution in [3.05, 3.63) is 29.3 Å². The zero-order chi connectivity index (χ0) is 20.8. The Hall–Kier alpha value is -2.50. The van der Waals surface area contributed by atoms with Gasteiger partial charge in [0, 0.05) is 49.2 Å². The van der Waals surface area contributed by atoms with E-state index in [1.54, 1.807) is 12.2 Å². The second-order valence-corrected chi connectivity index (χ2v) is 7.79. The molecule has 0 bridgehead atoms. The van der Waals surface area contributed by atoms with Crippen LogP contribution in [0.5, 0.6) is 11.5 Å². The van der Waals surface area contributed by atoms with Gasteiger partial charge in [-0.05, 0) is 51.3 Å². The zero-order valence-corrected chi connectivity index (χ0v) is 17.7. The molecule has 6 nitrogen and oxygen atoms in total. The molecular weight excluding hydrogens is 368 g/mol. The van der Waals surface area contributed by atoms with Crippen molar-refractivity contribution in [2.45, 2.75) is 52.6 Å². The van der Waals surface area contributed by atoms with E-state index >= 15 is 0 Å². The Morgan fingerprint density at radius 1 is 1.28 bits per heavy atom. The highest BCUT2D eigenvalue weighted by Crippen LogP contribution is 2.35. The Morgan fingerprint density at radius 3 is 2.72 bits per heavy atom. The molecule has 158 valence electrons. The first-order chi connectivity index (χ1) is 14.0. The van der Waals surface area contributed by atoms with E-state index < -0.39 is 0 Å². The number of nitrogens with zero attached hydrogens (tertiary/aromatic N) is 1. The van der Waals surface area contributed by atoms with Gasteiger partial charge in [0.25, 0.3) is 0 Å². The van der Waals surface area contributed by atoms with Crippen LogP contribution in [-0.2, 0) is 16.0 Å². The first-order valence-electron chi connectivity index (χ1n) is 10.7. The summed E-state index contributed by atoms with van der Waals surface area (Å²) in [7, 11) is 0. The van der Waals surface area contributed by atoms with Crippen molar-refractivity contribution in [3.63, 3.8) is 0 Å². The summed E-state index contributed by atoms with van der Waals surface area (Å²) < 4.78 is 11.6. The van der Waals surface area contributed by atoms with Crippen LogP contribution in [0.2, 0.25) is 0 Å². The first-order valence-corrected chi connectivity index (χ1v) is 10.7. The fourth-order valence-electron chi connectivity index (χ4n) is 3.89. The fourth-order valence-corrected chi connectivity index (χ4v) is 3.89. The third-order valence-electron chi connectivity index (χ3n) is 5.46. The minimum absolute atomic E-state index is 0.00925. The summed E-state index contributed by atoms with van der Waals surface area (Å²) in [5, 5.41) is 2.95. The number of likely N-dealkylation sites (tertiary alicyclic amines) is 1. The summed E-state index contributed by atoms with van der Waals surface area (Å²) in [5.74, 6) is 1.74. The number of benzene rings is 1. The Balaban J connectivity index is 1.61. The van der Waals surface area contributed by atoms with E-state index in [9.17, 15) is 9.59 Å². The van der Waals surface area contributed by atoms with Crippen molar-refractivity contribution in [1.82, 2.24) is 10.2 Å². The highest BCUT2D eigenvalue weighted by Gasteiger charge is 2.26. The molecule has 3 rings (SSSR count). The van der Waals surface area contributed by atoms with Crippen molar-refractivity contribution in [1.29, 1.82) is 0 Å². The van der Waals surface area contributed by atoms with E-state index in [1.807, 2.05) is 37.8 Å². The van der Waals surface area contributed by atoms with Crippen LogP contribution in [0.4, 0.5) is 0 Å². The van der Waals surface area contributed by atoms with Crippen LogP contribution >= 0.6 is 0 Å². The lowest BCUT2D eigenvalue weighted by Crippen LogP contribution is -2.42. The number of hydrogen-bond donors (Lipinski definition) is 1. The molecule has 1 atom stereocenters. The van der Waals surface area contributed by atoms with Crippen LogP contribution < -0.4 is 14.8 Å². The van der Waals surface area contributed by atoms with Crippen molar-refractivity contribution in [2.75, 3.05) is 26.2 Å². The standard InChI is InChI=1S/C23H32N2O4/c1-4-10-24-23(27)17-8-11-25(12-9-17)22(26)7-6-18-14-21-19(13-16(3)29-21)15-20(18)28-5-2/h6-7,14-17H,4-5,8-13H2,1-3H3,(H,24,27)/b7-6+. The third-order valence-corrected chi connectivity index (χ3v) is 5.46. The summed E-state index contributed by atoms with van der Waals surface area (Å²) in [6, 6.07) is 3.98. The topological polar surface area (TPSA) is 67.9 Å². The highest BCUT2D eigenvalue weighted by molar-refractivity contribution is 5.92. The summed E-state index contributed by atoms with van der Waals surface area (Å²) in [6.45, 7) is 8.53. The van der Waals surface area contributed by atoms with Gasteiger partial charge in [0.2, 0.25) is 11.8 Å². The normalized spacial score (nSPS) is 19.1. The van der Waals surface area contributed by atoms with Gasteiger partial charge in [-0.25, -0.2) is 0 Å². The molecule has 0 aliphatic carbocycles. The van der Waals surface area contributed by atoms with Crippen LogP contribution in [-0.4, -0.2) is 49.1 Å². The smallest absolute Gasteiger partial charge is 0.246 e. The number of ether oxygens (including phenoxy) is 2. The Labute approximate surface area is 173 Å². The predicted molar refractivity (Wildman–Crippen MR) is 113 cm³/mol. The lowest BCUT2D eigenvalue weighted by atomic mass is 9.95. The highest BCUT2D eigenvalue weighted by atomic mass is 16.5. The number of hydrogen-bond acceptors (Lipinski definition) is 4. The van der Waals surface area contributed by atoms with Crippen LogP contribution in [0.15, 0.2) is 18.2 Å². The van der Waals surface area contributed by atoms with Crippen LogP contribution in [0, 0.1) is 5.92 Å². The van der Waals surface area contributed by atoms with Gasteiger partial charge in [-0.15, -0.1) is 0 Å². The predicted octanol–water partition coefficient (Wildman–Crippen LogP) is 3.19. The molecule has 29 heavy (non-hydrogen) atoms. The van der Waals surface area contributed by atoms with Crippen LogP contribution in [0.3, 0.4) is 0 Å². The lowest BCUT2D eigenvalue weighted by Gasteiger charge is -2.30. The molecule has 0 aromatic heterocycles. The quantitative estimate of drug-likeness (QED) is 0.714. The molecule has 0 spiro atoms. The van der Waals surface area contributed by atoms with E-state index in [0.717, 1.165) is 35.5 Å². The molecule has 2 aliphatic heterocycles. The average Bonchev–Trinajstić information content (AvgIpc) is 3.09. The van der Waals surface area contributed by atoms with E-state index in [2.05, 4.69) is 5.32 Å². The zero-order valence-electron chi connectivity index (χ0n) is 17.7. The van der Waals surface area contributed by atoms with Gasteiger partial charge in [-0.2, -0.15) is 0 Å². The molecule has 1 fully saturated rings. The molecule has 1 N–H and O–H groups in total.